The van der Waals surface area contributed by atoms with Crippen LogP contribution in [0.15, 0.2) is 58.3 Å². The van der Waals surface area contributed by atoms with Gasteiger partial charge in [0.05, 0.1) is 37.2 Å². The summed E-state index contributed by atoms with van der Waals surface area (Å²) in [5.41, 5.74) is 0. The number of nitrogens with two attached hydrogens (primary N) is 1. The molecule has 3 N–H and O–H groups in total. The van der Waals surface area contributed by atoms with E-state index in [1.54, 1.807) is 12.1 Å². The summed E-state index contributed by atoms with van der Waals surface area (Å²) >= 11 is 0. The highest BCUT2D eigenvalue weighted by Crippen LogP contribution is 2.18. The standard InChI is InChI=1S/C11H17NO4S.C7H7ClO3S.C4H11NO.ClH/c1-9(2)8-16-12-17(13,14)11-6-4-10(15-3)5-7-11;1-11-6-2-4-7(5-3-6)12(8,9)10;1-4(2)3-6-5;/h4-7,9,12H,8H2,1-3H3;2-5H,1H3;4H,3,5H2,1-2H3;1H. The van der Waals surface area contributed by atoms with Crippen LogP contribution in [0.3, 0.4) is 0 Å². The van der Waals surface area contributed by atoms with Crippen LogP contribution in [0.5, 0.6) is 11.5 Å². The first kappa shape index (κ1) is 36.5. The average Bonchev–Trinajstić information content (AvgIpc) is 2.79. The lowest BCUT2D eigenvalue weighted by Gasteiger charge is -2.09. The van der Waals surface area contributed by atoms with Gasteiger partial charge in [-0.2, -0.15) is 0 Å². The molecule has 0 aromatic heterocycles. The molecule has 0 atom stereocenters. The second-order valence-electron chi connectivity index (χ2n) is 7.81. The van der Waals surface area contributed by atoms with Gasteiger partial charge in [0.15, 0.2) is 0 Å². The average molecular weight is 592 g/mol. The van der Waals surface area contributed by atoms with Gasteiger partial charge in [0.1, 0.15) is 11.5 Å². The molecule has 0 saturated carbocycles. The highest BCUT2D eigenvalue weighted by Gasteiger charge is 2.14. The van der Waals surface area contributed by atoms with E-state index in [2.05, 4.69) is 9.72 Å². The monoisotopic (exact) mass is 590 g/mol. The Morgan fingerprint density at radius 3 is 1.44 bits per heavy atom. The van der Waals surface area contributed by atoms with E-state index in [9.17, 15) is 16.8 Å². The quantitative estimate of drug-likeness (QED) is 0.308. The van der Waals surface area contributed by atoms with Gasteiger partial charge in [0, 0.05) is 10.7 Å². The maximum Gasteiger partial charge on any atom is 0.262 e. The van der Waals surface area contributed by atoms with Gasteiger partial charge >= 0.3 is 0 Å². The van der Waals surface area contributed by atoms with Crippen LogP contribution in [0.4, 0.5) is 0 Å². The SMILES string of the molecule is CC(C)CON.COc1ccc(S(=O)(=O)Cl)cc1.COc1ccc(S(=O)(=O)NOCC(C)C)cc1.Cl. The molecule has 10 nitrogen and oxygen atoms in total. The molecule has 36 heavy (non-hydrogen) atoms. The minimum absolute atomic E-state index is 0. The molecule has 0 spiro atoms. The van der Waals surface area contributed by atoms with Crippen LogP contribution in [0.25, 0.3) is 0 Å². The third-order valence-corrected chi connectivity index (χ3v) is 6.33. The van der Waals surface area contributed by atoms with Crippen LogP contribution >= 0.6 is 23.1 Å². The normalized spacial score (nSPS) is 10.9. The predicted octanol–water partition coefficient (Wildman–Crippen LogP) is 4.14. The molecule has 0 bridgehead atoms. The summed E-state index contributed by atoms with van der Waals surface area (Å²) in [5, 5.41) is 0. The zero-order chi connectivity index (χ0) is 27.1. The summed E-state index contributed by atoms with van der Waals surface area (Å²) in [4.78, 5) is 11.5. The zero-order valence-electron chi connectivity index (χ0n) is 21.1. The van der Waals surface area contributed by atoms with Crippen molar-refractivity contribution in [3.05, 3.63) is 48.5 Å². The molecule has 0 aliphatic heterocycles. The zero-order valence-corrected chi connectivity index (χ0v) is 24.3. The van der Waals surface area contributed by atoms with Gasteiger partial charge in [-0.3, -0.25) is 4.84 Å². The number of sulfonamides is 1. The number of rotatable bonds is 10. The minimum Gasteiger partial charge on any atom is -0.497 e. The number of methoxy groups -OCH3 is 2. The lowest BCUT2D eigenvalue weighted by Crippen LogP contribution is -2.25. The van der Waals surface area contributed by atoms with Gasteiger partial charge in [-0.05, 0) is 60.4 Å². The summed E-state index contributed by atoms with van der Waals surface area (Å²) in [5.74, 6) is 6.74. The van der Waals surface area contributed by atoms with Gasteiger partial charge < -0.3 is 14.3 Å². The Balaban J connectivity index is 0. The second-order valence-corrected chi connectivity index (χ2v) is 12.0. The maximum absolute atomic E-state index is 11.7. The van der Waals surface area contributed by atoms with Gasteiger partial charge in [-0.1, -0.05) is 32.6 Å². The largest absolute Gasteiger partial charge is 0.497 e. The highest BCUT2D eigenvalue weighted by atomic mass is 35.7. The first-order chi connectivity index (χ1) is 16.3. The van der Waals surface area contributed by atoms with Gasteiger partial charge in [0.25, 0.3) is 19.1 Å². The number of ether oxygens (including phenoxy) is 2. The first-order valence-corrected chi connectivity index (χ1v) is 14.2. The molecule has 0 aliphatic rings. The van der Waals surface area contributed by atoms with Crippen LogP contribution in [-0.2, 0) is 28.7 Å². The molecule has 0 radical (unpaired) electrons. The number of benzene rings is 2. The van der Waals surface area contributed by atoms with Crippen molar-refractivity contribution in [3.8, 4) is 11.5 Å². The summed E-state index contributed by atoms with van der Waals surface area (Å²) in [6.45, 7) is 8.94. The van der Waals surface area contributed by atoms with Crippen LogP contribution in [-0.4, -0.2) is 44.3 Å². The van der Waals surface area contributed by atoms with Crippen LogP contribution in [0.1, 0.15) is 27.7 Å². The Morgan fingerprint density at radius 2 is 1.17 bits per heavy atom. The van der Waals surface area contributed by atoms with E-state index >= 15 is 0 Å². The van der Waals surface area contributed by atoms with Crippen molar-refractivity contribution in [2.45, 2.75) is 37.5 Å². The lowest BCUT2D eigenvalue weighted by molar-refractivity contribution is 0.0718. The number of hydrogen-bond donors (Lipinski definition) is 2. The molecular formula is C22H36Cl2N2O8S2. The fourth-order valence-electron chi connectivity index (χ4n) is 2.01. The number of nitrogens with one attached hydrogen (secondary N) is 1. The van der Waals surface area contributed by atoms with Crippen molar-refractivity contribution in [1.82, 2.24) is 4.89 Å². The van der Waals surface area contributed by atoms with E-state index in [0.29, 0.717) is 30.6 Å². The Hall–Kier alpha value is -1.64. The smallest absolute Gasteiger partial charge is 0.262 e. The molecule has 0 amide bonds. The molecule has 2 aromatic carbocycles. The van der Waals surface area contributed by atoms with Gasteiger partial charge in [0.2, 0.25) is 0 Å². The van der Waals surface area contributed by atoms with Gasteiger partial charge in [-0.15, -0.1) is 12.4 Å². The Labute approximate surface area is 225 Å². The van der Waals surface area contributed by atoms with Crippen molar-refractivity contribution in [2.75, 3.05) is 27.4 Å². The molecule has 2 aromatic rings. The molecule has 14 heteroatoms. The molecule has 0 fully saturated rings. The summed E-state index contributed by atoms with van der Waals surface area (Å²) in [6, 6.07) is 11.9. The van der Waals surface area contributed by atoms with E-state index in [-0.39, 0.29) is 28.1 Å². The van der Waals surface area contributed by atoms with E-state index in [1.165, 1.54) is 50.6 Å². The van der Waals surface area contributed by atoms with E-state index < -0.39 is 19.1 Å². The van der Waals surface area contributed by atoms with Crippen molar-refractivity contribution in [2.24, 2.45) is 17.7 Å². The predicted molar refractivity (Wildman–Crippen MR) is 142 cm³/mol. The molecule has 0 heterocycles. The number of halogens is 2. The first-order valence-electron chi connectivity index (χ1n) is 10.4. The maximum atomic E-state index is 11.7. The second kappa shape index (κ2) is 18.6. The fraction of sp³-hybridized carbons (Fsp3) is 0.455. The van der Waals surface area contributed by atoms with Crippen molar-refractivity contribution in [3.63, 3.8) is 0 Å². The van der Waals surface area contributed by atoms with Crippen molar-refractivity contribution < 1.29 is 36.0 Å². The third-order valence-electron chi connectivity index (χ3n) is 3.73. The highest BCUT2D eigenvalue weighted by molar-refractivity contribution is 8.13. The van der Waals surface area contributed by atoms with E-state index in [1.807, 2.05) is 27.7 Å². The van der Waals surface area contributed by atoms with Crippen molar-refractivity contribution in [1.29, 1.82) is 0 Å². The molecule has 208 valence electrons. The summed E-state index contributed by atoms with van der Waals surface area (Å²) in [6.07, 6.45) is 0. The number of hydrogen-bond acceptors (Lipinski definition) is 9. The molecule has 0 saturated heterocycles. The Morgan fingerprint density at radius 1 is 0.778 bits per heavy atom. The van der Waals surface area contributed by atoms with Crippen LogP contribution in [0, 0.1) is 11.8 Å². The molecule has 2 rings (SSSR count). The molecular weight excluding hydrogens is 555 g/mol. The van der Waals surface area contributed by atoms with Crippen LogP contribution < -0.4 is 20.3 Å². The van der Waals surface area contributed by atoms with Crippen molar-refractivity contribution >= 4 is 42.2 Å². The summed E-state index contributed by atoms with van der Waals surface area (Å²) in [7, 11) is 0.891. The Bertz CT molecular complexity index is 1050. The summed E-state index contributed by atoms with van der Waals surface area (Å²) < 4.78 is 54.8. The third kappa shape index (κ3) is 16.2. The molecule has 0 unspecified atom stereocenters. The van der Waals surface area contributed by atoms with Gasteiger partial charge in [-0.25, -0.2) is 22.7 Å². The lowest BCUT2D eigenvalue weighted by atomic mass is 10.2. The Kier molecular flexibility index (Phi) is 18.8. The topological polar surface area (TPSA) is 143 Å². The molecule has 0 aliphatic carbocycles. The van der Waals surface area contributed by atoms with Crippen LogP contribution in [0.2, 0.25) is 0 Å². The minimum atomic E-state index is -3.61. The van der Waals surface area contributed by atoms with E-state index in [4.69, 9.17) is 30.9 Å². The fourth-order valence-corrected chi connectivity index (χ4v) is 3.60. The van der Waals surface area contributed by atoms with E-state index in [0.717, 1.165) is 0 Å².